The molecular formula is C52H81F3O7S. The first kappa shape index (κ1) is 54.6. The normalized spacial score (nSPS) is 26.0. The van der Waals surface area contributed by atoms with Gasteiger partial charge in [-0.25, -0.2) is 0 Å². The number of thioether (sulfide) groups is 1. The van der Waals surface area contributed by atoms with Gasteiger partial charge < -0.3 is 24.4 Å². The third-order valence-electron chi connectivity index (χ3n) is 14.8. The van der Waals surface area contributed by atoms with Gasteiger partial charge >= 0.3 is 18.1 Å². The average molecular weight is 907 g/mol. The molecule has 5 fully saturated rings. The Kier molecular flexibility index (Phi) is 20.0. The van der Waals surface area contributed by atoms with Crippen molar-refractivity contribution in [2.24, 2.45) is 40.4 Å². The van der Waals surface area contributed by atoms with Crippen LogP contribution < -0.4 is 0 Å². The Morgan fingerprint density at radius 1 is 0.746 bits per heavy atom. The van der Waals surface area contributed by atoms with Crippen LogP contribution >= 0.6 is 11.8 Å². The van der Waals surface area contributed by atoms with Crippen LogP contribution in [-0.2, 0) is 29.4 Å². The first-order valence-electron chi connectivity index (χ1n) is 23.6. The predicted octanol–water partition coefficient (Wildman–Crippen LogP) is 13.7. The molecule has 1 saturated heterocycles. The number of ether oxygens (including phenoxy) is 3. The Labute approximate surface area is 382 Å². The summed E-state index contributed by atoms with van der Waals surface area (Å²) < 4.78 is 54.8. The number of rotatable bonds is 12. The molecule has 2 aromatic carbocycles. The first-order chi connectivity index (χ1) is 29.3. The van der Waals surface area contributed by atoms with Crippen molar-refractivity contribution in [3.63, 3.8) is 0 Å². The van der Waals surface area contributed by atoms with Crippen molar-refractivity contribution in [3.05, 3.63) is 65.2 Å². The van der Waals surface area contributed by atoms with Gasteiger partial charge in [-0.1, -0.05) is 91.8 Å². The highest BCUT2D eigenvalue weighted by molar-refractivity contribution is 7.99. The molecule has 4 saturated carbocycles. The Balaban J connectivity index is 0.000000230. The third-order valence-corrected chi connectivity index (χ3v) is 15.7. The molecule has 0 spiro atoms. The molecule has 2 aromatic rings. The molecule has 4 bridgehead atoms. The number of phenolic OH excluding ortho intramolecular Hbond substituents is 1. The van der Waals surface area contributed by atoms with E-state index in [1.165, 1.54) is 49.8 Å². The summed E-state index contributed by atoms with van der Waals surface area (Å²) in [5.74, 6) is 6.36. The maximum atomic E-state index is 12.8. The highest BCUT2D eigenvalue weighted by atomic mass is 32.2. The number of aromatic hydroxyl groups is 1. The third kappa shape index (κ3) is 14.1. The predicted molar refractivity (Wildman–Crippen MR) is 250 cm³/mol. The molecule has 358 valence electrons. The number of hydrogen-bond acceptors (Lipinski definition) is 8. The summed E-state index contributed by atoms with van der Waals surface area (Å²) in [6, 6.07) is 13.4. The van der Waals surface area contributed by atoms with Crippen LogP contribution in [0.3, 0.4) is 0 Å². The number of aliphatic hydroxyl groups is 1. The second kappa shape index (κ2) is 23.1. The number of carbonyl (C=O) groups is 2. The lowest BCUT2D eigenvalue weighted by Gasteiger charge is -2.62. The lowest BCUT2D eigenvalue weighted by molar-refractivity contribution is -0.258. The average Bonchev–Trinajstić information content (AvgIpc) is 3.24. The van der Waals surface area contributed by atoms with E-state index >= 15 is 0 Å². The number of esters is 2. The quantitative estimate of drug-likeness (QED) is 0.203. The second-order valence-corrected chi connectivity index (χ2v) is 21.5. The zero-order valence-corrected chi connectivity index (χ0v) is 41.5. The number of hydrogen-bond donors (Lipinski definition) is 2. The van der Waals surface area contributed by atoms with E-state index in [1.807, 2.05) is 60.6 Å². The second-order valence-electron chi connectivity index (χ2n) is 20.4. The SMILES string of the molecule is CCC(C)(C)C(=O)OC1(C(C)C)C2CC3CC(C2)CC1C3.CCC(C)(C)C(=O)OC1CSCCO1.CCC(C)c1ccc(C(C)(O)C(F)(F)F)cc1.CCC(C)c1ccc(O)cc1. The summed E-state index contributed by atoms with van der Waals surface area (Å²) in [6.45, 7) is 26.3. The first-order valence-corrected chi connectivity index (χ1v) is 24.8. The van der Waals surface area contributed by atoms with Crippen LogP contribution in [0.5, 0.6) is 5.75 Å². The van der Waals surface area contributed by atoms with Crippen molar-refractivity contribution in [1.82, 2.24) is 0 Å². The van der Waals surface area contributed by atoms with Crippen molar-refractivity contribution < 1.29 is 47.2 Å². The standard InChI is InChI=1S/C19H32O2.C13H17F3O.C10H18O3S.C10H14O/c1-6-18(4,5)17(20)21-19(12(2)3)15-8-13-7-14(10-15)11-16(19)9-13;1-4-9(2)10-5-7-11(8-6-10)12(3,17)13(14,15)16;1-4-10(2,3)9(11)13-8-7-14-6-5-12-8;1-3-8(2)9-4-6-10(11)7-5-9/h12-16H,6-11H2,1-5H3;5-9,17H,4H2,1-3H3;8H,4-7H2,1-3H3;4-8,11H,3H2,1-2H3. The molecule has 0 amide bonds. The monoisotopic (exact) mass is 907 g/mol. The Morgan fingerprint density at radius 3 is 1.57 bits per heavy atom. The molecule has 63 heavy (non-hydrogen) atoms. The van der Waals surface area contributed by atoms with Crippen LogP contribution in [-0.4, -0.2) is 58.3 Å². The van der Waals surface area contributed by atoms with E-state index in [0.717, 1.165) is 61.5 Å². The van der Waals surface area contributed by atoms with E-state index in [-0.39, 0.29) is 34.8 Å². The molecule has 4 atom stereocenters. The van der Waals surface area contributed by atoms with Crippen molar-refractivity contribution in [3.8, 4) is 5.75 Å². The Hall–Kier alpha value is -2.76. The molecule has 2 N–H and O–H groups in total. The fraction of sp³-hybridized carbons (Fsp3) is 0.731. The fourth-order valence-electron chi connectivity index (χ4n) is 9.12. The fourth-order valence-corrected chi connectivity index (χ4v) is 9.86. The van der Waals surface area contributed by atoms with Gasteiger partial charge in [-0.2, -0.15) is 24.9 Å². The summed E-state index contributed by atoms with van der Waals surface area (Å²) in [5.41, 5.74) is -1.56. The number of halogens is 3. The minimum absolute atomic E-state index is 0.0335. The largest absolute Gasteiger partial charge is 0.508 e. The summed E-state index contributed by atoms with van der Waals surface area (Å²) in [7, 11) is 0. The van der Waals surface area contributed by atoms with Crippen LogP contribution in [0.1, 0.15) is 176 Å². The van der Waals surface area contributed by atoms with E-state index in [4.69, 9.17) is 19.3 Å². The Bertz CT molecular complexity index is 1670. The molecule has 1 heterocycles. The van der Waals surface area contributed by atoms with Crippen LogP contribution in [0.15, 0.2) is 48.5 Å². The lowest BCUT2D eigenvalue weighted by Crippen LogP contribution is -2.63. The van der Waals surface area contributed by atoms with Crippen LogP contribution in [0, 0.1) is 40.4 Å². The smallest absolute Gasteiger partial charge is 0.421 e. The number of benzene rings is 2. The van der Waals surface area contributed by atoms with Crippen LogP contribution in [0.2, 0.25) is 0 Å². The van der Waals surface area contributed by atoms with Crippen molar-refractivity contribution in [2.45, 2.75) is 183 Å². The van der Waals surface area contributed by atoms with Gasteiger partial charge in [0.15, 0.2) is 5.60 Å². The zero-order chi connectivity index (χ0) is 47.6. The van der Waals surface area contributed by atoms with Crippen molar-refractivity contribution in [1.29, 1.82) is 0 Å². The summed E-state index contributed by atoms with van der Waals surface area (Å²) in [5, 5.41) is 18.5. The molecule has 7 nitrogen and oxygen atoms in total. The van der Waals surface area contributed by atoms with Gasteiger partial charge in [-0.15, -0.1) is 0 Å². The molecule has 1 aliphatic heterocycles. The van der Waals surface area contributed by atoms with E-state index in [1.54, 1.807) is 36.0 Å². The molecule has 4 aliphatic carbocycles. The molecule has 5 aliphatic rings. The highest BCUT2D eigenvalue weighted by Gasteiger charge is 2.61. The van der Waals surface area contributed by atoms with Crippen LogP contribution in [0.25, 0.3) is 0 Å². The van der Waals surface area contributed by atoms with E-state index in [2.05, 4.69) is 34.6 Å². The molecule has 4 unspecified atom stereocenters. The number of phenols is 1. The highest BCUT2D eigenvalue weighted by Crippen LogP contribution is 2.62. The van der Waals surface area contributed by atoms with Gasteiger partial charge in [0, 0.05) is 5.75 Å². The van der Waals surface area contributed by atoms with Gasteiger partial charge in [0.05, 0.1) is 23.2 Å². The van der Waals surface area contributed by atoms with Crippen LogP contribution in [0.4, 0.5) is 13.2 Å². The van der Waals surface area contributed by atoms with E-state index in [9.17, 15) is 27.9 Å². The van der Waals surface area contributed by atoms with Gasteiger partial charge in [0.1, 0.15) is 11.4 Å². The minimum atomic E-state index is -4.66. The molecule has 7 rings (SSSR count). The summed E-state index contributed by atoms with van der Waals surface area (Å²) >= 11 is 1.76. The Morgan fingerprint density at radius 2 is 1.19 bits per heavy atom. The lowest BCUT2D eigenvalue weighted by atomic mass is 9.47. The minimum Gasteiger partial charge on any atom is -0.508 e. The number of alkyl halides is 3. The van der Waals surface area contributed by atoms with Crippen molar-refractivity contribution in [2.75, 3.05) is 18.1 Å². The van der Waals surface area contributed by atoms with E-state index in [0.29, 0.717) is 41.9 Å². The van der Waals surface area contributed by atoms with Gasteiger partial charge in [0.2, 0.25) is 6.29 Å². The zero-order valence-electron chi connectivity index (χ0n) is 40.7. The molecule has 0 aromatic heterocycles. The molecule has 0 radical (unpaired) electrons. The maximum Gasteiger partial charge on any atom is 0.421 e. The summed E-state index contributed by atoms with van der Waals surface area (Å²) in [6.07, 6.45) is 5.32. The maximum absolute atomic E-state index is 12.8. The van der Waals surface area contributed by atoms with Gasteiger partial charge in [-0.3, -0.25) is 9.59 Å². The summed E-state index contributed by atoms with van der Waals surface area (Å²) in [4.78, 5) is 24.4. The van der Waals surface area contributed by atoms with Gasteiger partial charge in [-0.05, 0) is 163 Å². The molecular weight excluding hydrogens is 826 g/mol. The van der Waals surface area contributed by atoms with Crippen molar-refractivity contribution >= 4 is 23.7 Å². The number of carbonyl (C=O) groups excluding carboxylic acids is 2. The molecule has 11 heteroatoms. The topological polar surface area (TPSA) is 102 Å². The van der Waals surface area contributed by atoms with Gasteiger partial charge in [0.25, 0.3) is 0 Å². The van der Waals surface area contributed by atoms with E-state index < -0.39 is 17.2 Å².